The first-order valence-electron chi connectivity index (χ1n) is 6.35. The van der Waals surface area contributed by atoms with Gasteiger partial charge in [-0.1, -0.05) is 11.2 Å². The van der Waals surface area contributed by atoms with Crippen molar-refractivity contribution in [2.45, 2.75) is 20.3 Å². The number of hydrogen-bond donors (Lipinski definition) is 1. The topological polar surface area (TPSA) is 81.2 Å². The molecule has 3 aromatic rings. The number of oxazole rings is 1. The van der Waals surface area contributed by atoms with Gasteiger partial charge in [-0.15, -0.1) is 11.3 Å². The monoisotopic (exact) mass is 303 g/mol. The Balaban J connectivity index is 1.71. The van der Waals surface area contributed by atoms with Gasteiger partial charge in [0.05, 0.1) is 17.0 Å². The maximum Gasteiger partial charge on any atom is 0.236 e. The van der Waals surface area contributed by atoms with Gasteiger partial charge in [0.25, 0.3) is 0 Å². The lowest BCUT2D eigenvalue weighted by molar-refractivity contribution is -0.115. The van der Waals surface area contributed by atoms with Gasteiger partial charge >= 0.3 is 0 Å². The van der Waals surface area contributed by atoms with E-state index in [0.29, 0.717) is 28.9 Å². The second kappa shape index (κ2) is 5.53. The zero-order valence-electron chi connectivity index (χ0n) is 11.5. The highest BCUT2D eigenvalue weighted by molar-refractivity contribution is 7.13. The molecule has 0 radical (unpaired) electrons. The van der Waals surface area contributed by atoms with Gasteiger partial charge in [0.15, 0.2) is 5.82 Å². The fraction of sp³-hybridized carbons (Fsp3) is 0.214. The number of aromatic nitrogens is 2. The molecule has 0 saturated carbocycles. The van der Waals surface area contributed by atoms with Gasteiger partial charge in [0, 0.05) is 6.07 Å². The van der Waals surface area contributed by atoms with Crippen molar-refractivity contribution in [3.8, 4) is 10.8 Å². The lowest BCUT2D eigenvalue weighted by Gasteiger charge is -1.98. The van der Waals surface area contributed by atoms with Crippen LogP contribution in [0.15, 0.2) is 32.5 Å². The van der Waals surface area contributed by atoms with Gasteiger partial charge in [-0.25, -0.2) is 4.98 Å². The lowest BCUT2D eigenvalue weighted by Crippen LogP contribution is -2.15. The van der Waals surface area contributed by atoms with Crippen molar-refractivity contribution in [1.29, 1.82) is 0 Å². The molecule has 6 nitrogen and oxygen atoms in total. The van der Waals surface area contributed by atoms with E-state index in [-0.39, 0.29) is 12.3 Å². The van der Waals surface area contributed by atoms with Crippen LogP contribution in [0.2, 0.25) is 0 Å². The average molecular weight is 303 g/mol. The number of amides is 1. The molecule has 0 aliphatic heterocycles. The van der Waals surface area contributed by atoms with Gasteiger partial charge in [-0.3, -0.25) is 4.79 Å². The number of nitrogens with zero attached hydrogens (tertiary/aromatic N) is 2. The second-order valence-corrected chi connectivity index (χ2v) is 5.49. The summed E-state index contributed by atoms with van der Waals surface area (Å²) in [5, 5.41) is 8.33. The van der Waals surface area contributed by atoms with E-state index in [9.17, 15) is 4.79 Å². The van der Waals surface area contributed by atoms with Crippen molar-refractivity contribution in [2.24, 2.45) is 0 Å². The molecule has 7 heteroatoms. The molecule has 3 heterocycles. The molecule has 3 aromatic heterocycles. The number of carbonyl (C=O) groups excluding carboxylic acids is 1. The lowest BCUT2D eigenvalue weighted by atomic mass is 10.2. The first kappa shape index (κ1) is 13.6. The molecule has 0 unspecified atom stereocenters. The van der Waals surface area contributed by atoms with E-state index >= 15 is 0 Å². The molecule has 0 bridgehead atoms. The van der Waals surface area contributed by atoms with E-state index in [4.69, 9.17) is 8.94 Å². The molecule has 0 spiro atoms. The van der Waals surface area contributed by atoms with E-state index < -0.39 is 0 Å². The predicted octanol–water partition coefficient (Wildman–Crippen LogP) is 3.19. The van der Waals surface area contributed by atoms with E-state index in [2.05, 4.69) is 15.5 Å². The number of anilines is 1. The first-order valence-corrected chi connectivity index (χ1v) is 7.23. The average Bonchev–Trinajstić information content (AvgIpc) is 3.13. The van der Waals surface area contributed by atoms with E-state index in [1.165, 1.54) is 0 Å². The Morgan fingerprint density at radius 3 is 2.95 bits per heavy atom. The molecule has 0 aliphatic rings. The summed E-state index contributed by atoms with van der Waals surface area (Å²) in [6.45, 7) is 3.56. The highest BCUT2D eigenvalue weighted by Gasteiger charge is 2.16. The SMILES string of the molecule is Cc1cc(NC(=O)Cc2nc(-c3cccs3)oc2C)no1. The summed E-state index contributed by atoms with van der Waals surface area (Å²) in [5.74, 6) is 2.02. The van der Waals surface area contributed by atoms with Crippen LogP contribution in [-0.4, -0.2) is 16.0 Å². The van der Waals surface area contributed by atoms with Crippen LogP contribution in [0.1, 0.15) is 17.2 Å². The minimum absolute atomic E-state index is 0.132. The molecule has 1 amide bonds. The molecular formula is C14H13N3O3S. The third kappa shape index (κ3) is 3.03. The van der Waals surface area contributed by atoms with Crippen molar-refractivity contribution in [2.75, 3.05) is 5.32 Å². The molecule has 3 rings (SSSR count). The van der Waals surface area contributed by atoms with Crippen LogP contribution in [0.3, 0.4) is 0 Å². The van der Waals surface area contributed by atoms with Crippen molar-refractivity contribution in [3.05, 3.63) is 40.8 Å². The molecule has 0 atom stereocenters. The largest absolute Gasteiger partial charge is 0.440 e. The standard InChI is InChI=1S/C14H13N3O3S/c1-8-6-12(17-20-8)16-13(18)7-10-9(2)19-14(15-10)11-4-3-5-21-11/h3-6H,7H2,1-2H3,(H,16,17,18). The molecule has 1 N–H and O–H groups in total. The summed E-state index contributed by atoms with van der Waals surface area (Å²) < 4.78 is 10.5. The normalized spacial score (nSPS) is 10.8. The second-order valence-electron chi connectivity index (χ2n) is 4.55. The van der Waals surface area contributed by atoms with Gasteiger partial charge in [0.2, 0.25) is 11.8 Å². The highest BCUT2D eigenvalue weighted by atomic mass is 32.1. The number of thiophene rings is 1. The zero-order chi connectivity index (χ0) is 14.8. The van der Waals surface area contributed by atoms with E-state index in [1.807, 2.05) is 17.5 Å². The van der Waals surface area contributed by atoms with Crippen molar-refractivity contribution < 1.29 is 13.7 Å². The van der Waals surface area contributed by atoms with Crippen LogP contribution >= 0.6 is 11.3 Å². The van der Waals surface area contributed by atoms with E-state index in [0.717, 1.165) is 4.88 Å². The van der Waals surface area contributed by atoms with Crippen LogP contribution in [0, 0.1) is 13.8 Å². The molecule has 0 saturated heterocycles. The maximum atomic E-state index is 12.0. The Labute approximate surface area is 124 Å². The van der Waals surface area contributed by atoms with Crippen molar-refractivity contribution in [1.82, 2.24) is 10.1 Å². The van der Waals surface area contributed by atoms with Crippen LogP contribution in [0.25, 0.3) is 10.8 Å². The number of aryl methyl sites for hydroxylation is 2. The summed E-state index contributed by atoms with van der Waals surface area (Å²) in [4.78, 5) is 17.3. The van der Waals surface area contributed by atoms with Gasteiger partial charge in [0.1, 0.15) is 11.5 Å². The number of rotatable bonds is 4. The fourth-order valence-electron chi connectivity index (χ4n) is 1.86. The van der Waals surface area contributed by atoms with Crippen LogP contribution in [0.5, 0.6) is 0 Å². The van der Waals surface area contributed by atoms with Crippen molar-refractivity contribution >= 4 is 23.1 Å². The third-order valence-corrected chi connectivity index (χ3v) is 3.71. The Morgan fingerprint density at radius 1 is 1.43 bits per heavy atom. The minimum atomic E-state index is -0.211. The summed E-state index contributed by atoms with van der Waals surface area (Å²) in [6, 6.07) is 5.52. The molecular weight excluding hydrogens is 290 g/mol. The van der Waals surface area contributed by atoms with Crippen LogP contribution in [0.4, 0.5) is 5.82 Å². The zero-order valence-corrected chi connectivity index (χ0v) is 12.4. The Morgan fingerprint density at radius 2 is 2.29 bits per heavy atom. The molecule has 0 aromatic carbocycles. The van der Waals surface area contributed by atoms with E-state index in [1.54, 1.807) is 31.3 Å². The van der Waals surface area contributed by atoms with Gasteiger partial charge < -0.3 is 14.3 Å². The highest BCUT2D eigenvalue weighted by Crippen LogP contribution is 2.26. The molecule has 0 aliphatic carbocycles. The third-order valence-electron chi connectivity index (χ3n) is 2.85. The predicted molar refractivity (Wildman–Crippen MR) is 78.1 cm³/mol. The summed E-state index contributed by atoms with van der Waals surface area (Å²) in [6.07, 6.45) is 0.132. The Kier molecular flexibility index (Phi) is 3.57. The number of hydrogen-bond acceptors (Lipinski definition) is 6. The van der Waals surface area contributed by atoms with Crippen LogP contribution < -0.4 is 5.32 Å². The van der Waals surface area contributed by atoms with Crippen LogP contribution in [-0.2, 0) is 11.2 Å². The smallest absolute Gasteiger partial charge is 0.236 e. The van der Waals surface area contributed by atoms with Crippen molar-refractivity contribution in [3.63, 3.8) is 0 Å². The molecule has 108 valence electrons. The molecule has 21 heavy (non-hydrogen) atoms. The summed E-state index contributed by atoms with van der Waals surface area (Å²) >= 11 is 1.54. The minimum Gasteiger partial charge on any atom is -0.440 e. The van der Waals surface area contributed by atoms with Gasteiger partial charge in [-0.05, 0) is 25.3 Å². The molecule has 0 fully saturated rings. The number of nitrogens with one attached hydrogen (secondary N) is 1. The Hall–Kier alpha value is -2.41. The summed E-state index contributed by atoms with van der Waals surface area (Å²) in [5.41, 5.74) is 0.621. The number of carbonyl (C=O) groups is 1. The first-order chi connectivity index (χ1) is 10.1. The van der Waals surface area contributed by atoms with Gasteiger partial charge in [-0.2, -0.15) is 0 Å². The maximum absolute atomic E-state index is 12.0. The quantitative estimate of drug-likeness (QED) is 0.800. The Bertz CT molecular complexity index is 758. The fourth-order valence-corrected chi connectivity index (χ4v) is 2.51. The summed E-state index contributed by atoms with van der Waals surface area (Å²) in [7, 11) is 0.